The van der Waals surface area contributed by atoms with E-state index >= 15 is 0 Å². The predicted molar refractivity (Wildman–Crippen MR) is 41.5 cm³/mol. The van der Waals surface area contributed by atoms with Crippen LogP contribution in [-0.2, 0) is 0 Å². The number of aliphatic hydroxyl groups excluding tert-OH is 1. The van der Waals surface area contributed by atoms with Gasteiger partial charge in [0.15, 0.2) is 0 Å². The fourth-order valence-electron chi connectivity index (χ4n) is 0.792. The molecule has 0 unspecified atom stereocenters. The largest absolute Gasteiger partial charge is 0.506 e. The quantitative estimate of drug-likeness (QED) is 0.579. The number of allylic oxidation sites excluding steroid dienone is 2. The van der Waals surface area contributed by atoms with E-state index in [-0.39, 0.29) is 5.76 Å². The fraction of sp³-hybridized carbons (Fsp3) is 0.143. The van der Waals surface area contributed by atoms with Crippen LogP contribution in [0.25, 0.3) is 0 Å². The normalized spacial score (nSPS) is 20.3. The van der Waals surface area contributed by atoms with Crippen molar-refractivity contribution in [3.8, 4) is 0 Å². The van der Waals surface area contributed by atoms with Crippen molar-refractivity contribution in [3.63, 3.8) is 0 Å². The van der Waals surface area contributed by atoms with Crippen LogP contribution in [0.5, 0.6) is 0 Å². The molecule has 1 aliphatic heterocycles. The van der Waals surface area contributed by atoms with Crippen molar-refractivity contribution in [1.82, 2.24) is 4.90 Å². The van der Waals surface area contributed by atoms with E-state index in [1.807, 2.05) is 0 Å². The molecule has 0 saturated carbocycles. The van der Waals surface area contributed by atoms with E-state index in [0.717, 1.165) is 0 Å². The summed E-state index contributed by atoms with van der Waals surface area (Å²) < 4.78 is 0. The van der Waals surface area contributed by atoms with Crippen molar-refractivity contribution in [2.45, 2.75) is 0 Å². The maximum absolute atomic E-state index is 9.83. The summed E-state index contributed by atoms with van der Waals surface area (Å²) in [7, 11) is 1.72. The van der Waals surface area contributed by atoms with Crippen LogP contribution in [0.3, 0.4) is 0 Å². The lowest BCUT2D eigenvalue weighted by molar-refractivity contribution is 0.405. The molecule has 4 heteroatoms. The van der Waals surface area contributed by atoms with Gasteiger partial charge < -0.3 is 10.0 Å². The SMILES string of the molecule is CN1C=C(O)C=C/C1=C\N=O. The Hall–Kier alpha value is -1.58. The lowest BCUT2D eigenvalue weighted by atomic mass is 10.3. The van der Waals surface area contributed by atoms with Crippen molar-refractivity contribution in [3.05, 3.63) is 40.9 Å². The second-order valence-electron chi connectivity index (χ2n) is 2.16. The molecule has 0 amide bonds. The number of hydrogen-bond donors (Lipinski definition) is 1. The van der Waals surface area contributed by atoms with Crippen molar-refractivity contribution in [1.29, 1.82) is 0 Å². The van der Waals surface area contributed by atoms with E-state index in [9.17, 15) is 4.91 Å². The second kappa shape index (κ2) is 3.01. The minimum absolute atomic E-state index is 0.163. The zero-order valence-electron chi connectivity index (χ0n) is 6.06. The first-order valence-corrected chi connectivity index (χ1v) is 3.08. The zero-order valence-corrected chi connectivity index (χ0v) is 6.06. The van der Waals surface area contributed by atoms with E-state index in [2.05, 4.69) is 5.18 Å². The third-order valence-electron chi connectivity index (χ3n) is 1.34. The molecule has 0 spiro atoms. The Morgan fingerprint density at radius 2 is 2.36 bits per heavy atom. The molecule has 0 aromatic heterocycles. The van der Waals surface area contributed by atoms with Gasteiger partial charge in [0.1, 0.15) is 5.76 Å². The van der Waals surface area contributed by atoms with E-state index in [1.54, 1.807) is 18.0 Å². The fourth-order valence-corrected chi connectivity index (χ4v) is 0.792. The Kier molecular flexibility index (Phi) is 2.06. The highest BCUT2D eigenvalue weighted by Crippen LogP contribution is 2.12. The van der Waals surface area contributed by atoms with Crippen LogP contribution in [0.2, 0.25) is 0 Å². The summed E-state index contributed by atoms with van der Waals surface area (Å²) in [5.41, 5.74) is 0.651. The van der Waals surface area contributed by atoms with E-state index in [0.29, 0.717) is 5.70 Å². The number of likely N-dealkylation sites (N-methyl/N-ethyl adjacent to an activating group) is 1. The highest BCUT2D eigenvalue weighted by molar-refractivity contribution is 5.29. The Bertz CT molecular complexity index is 253. The van der Waals surface area contributed by atoms with Gasteiger partial charge in [0.25, 0.3) is 0 Å². The summed E-state index contributed by atoms with van der Waals surface area (Å²) in [6, 6.07) is 0. The molecule has 0 aliphatic carbocycles. The maximum Gasteiger partial charge on any atom is 0.131 e. The third-order valence-corrected chi connectivity index (χ3v) is 1.34. The first-order chi connectivity index (χ1) is 5.24. The van der Waals surface area contributed by atoms with Crippen molar-refractivity contribution >= 4 is 0 Å². The van der Waals surface area contributed by atoms with Gasteiger partial charge in [-0.2, -0.15) is 0 Å². The maximum atomic E-state index is 9.83. The first-order valence-electron chi connectivity index (χ1n) is 3.08. The highest BCUT2D eigenvalue weighted by atomic mass is 16.3. The van der Waals surface area contributed by atoms with Crippen LogP contribution in [0.1, 0.15) is 0 Å². The molecule has 11 heavy (non-hydrogen) atoms. The number of nitrogens with zero attached hydrogens (tertiary/aromatic N) is 2. The molecule has 4 nitrogen and oxygen atoms in total. The van der Waals surface area contributed by atoms with Gasteiger partial charge in [-0.15, -0.1) is 4.91 Å². The Balaban J connectivity index is 2.85. The Labute approximate surface area is 64.1 Å². The molecule has 0 radical (unpaired) electrons. The standard InChI is InChI=1S/C7H8N2O2/c1-9-5-7(10)3-2-6(9)4-8-11/h2-5,10H,1H3/b6-4+. The van der Waals surface area contributed by atoms with Crippen LogP contribution in [0.4, 0.5) is 0 Å². The number of hydrogen-bond acceptors (Lipinski definition) is 4. The molecular formula is C7H8N2O2. The lowest BCUT2D eigenvalue weighted by Gasteiger charge is -2.17. The average Bonchev–Trinajstić information content (AvgIpc) is 1.95. The van der Waals surface area contributed by atoms with Gasteiger partial charge in [-0.1, -0.05) is 0 Å². The molecule has 58 valence electrons. The van der Waals surface area contributed by atoms with Gasteiger partial charge in [-0.05, 0) is 17.3 Å². The molecule has 0 aromatic carbocycles. The zero-order chi connectivity index (χ0) is 8.27. The summed E-state index contributed by atoms with van der Waals surface area (Å²) in [5, 5.41) is 11.6. The molecule has 0 atom stereocenters. The third kappa shape index (κ3) is 1.67. The van der Waals surface area contributed by atoms with Crippen molar-refractivity contribution < 1.29 is 5.11 Å². The number of rotatable bonds is 1. The molecule has 1 rings (SSSR count). The highest BCUT2D eigenvalue weighted by Gasteiger charge is 2.04. The van der Waals surface area contributed by atoms with Crippen LogP contribution in [-0.4, -0.2) is 17.1 Å². The molecule has 1 heterocycles. The topological polar surface area (TPSA) is 52.9 Å². The molecule has 0 bridgehead atoms. The first kappa shape index (κ1) is 7.53. The van der Waals surface area contributed by atoms with Crippen LogP contribution >= 0.6 is 0 Å². The molecule has 0 fully saturated rings. The second-order valence-corrected chi connectivity index (χ2v) is 2.16. The van der Waals surface area contributed by atoms with Crippen LogP contribution in [0, 0.1) is 4.91 Å². The monoisotopic (exact) mass is 152 g/mol. The van der Waals surface area contributed by atoms with Crippen LogP contribution < -0.4 is 0 Å². The van der Waals surface area contributed by atoms with Gasteiger partial charge in [0.2, 0.25) is 0 Å². The summed E-state index contributed by atoms with van der Waals surface area (Å²) in [5.74, 6) is 0.163. The van der Waals surface area contributed by atoms with Crippen molar-refractivity contribution in [2.75, 3.05) is 7.05 Å². The molecule has 0 saturated heterocycles. The molecule has 1 N–H and O–H groups in total. The molecule has 0 aromatic rings. The van der Waals surface area contributed by atoms with Crippen molar-refractivity contribution in [2.24, 2.45) is 5.18 Å². The van der Waals surface area contributed by atoms with Gasteiger partial charge in [0.05, 0.1) is 11.9 Å². The Morgan fingerprint density at radius 1 is 1.64 bits per heavy atom. The van der Waals surface area contributed by atoms with Crippen LogP contribution in [0.15, 0.2) is 41.2 Å². The minimum atomic E-state index is 0.163. The number of nitroso groups, excluding NO2 is 1. The van der Waals surface area contributed by atoms with E-state index < -0.39 is 0 Å². The molecular weight excluding hydrogens is 144 g/mol. The van der Waals surface area contributed by atoms with Gasteiger partial charge in [-0.3, -0.25) is 0 Å². The predicted octanol–water partition coefficient (Wildman–Crippen LogP) is 1.50. The number of aliphatic hydroxyl groups is 1. The summed E-state index contributed by atoms with van der Waals surface area (Å²) in [6.07, 6.45) is 5.78. The summed E-state index contributed by atoms with van der Waals surface area (Å²) in [6.45, 7) is 0. The van der Waals surface area contributed by atoms with Gasteiger partial charge >= 0.3 is 0 Å². The Morgan fingerprint density at radius 3 is 2.91 bits per heavy atom. The smallest absolute Gasteiger partial charge is 0.131 e. The summed E-state index contributed by atoms with van der Waals surface area (Å²) >= 11 is 0. The summed E-state index contributed by atoms with van der Waals surface area (Å²) in [4.78, 5) is 11.4. The molecule has 1 aliphatic rings. The van der Waals surface area contributed by atoms with Gasteiger partial charge in [-0.25, -0.2) is 0 Å². The van der Waals surface area contributed by atoms with Gasteiger partial charge in [0, 0.05) is 13.2 Å². The average molecular weight is 152 g/mol. The lowest BCUT2D eigenvalue weighted by Crippen LogP contribution is -2.12. The van der Waals surface area contributed by atoms with E-state index in [4.69, 9.17) is 5.11 Å². The van der Waals surface area contributed by atoms with E-state index in [1.165, 1.54) is 18.5 Å². The minimum Gasteiger partial charge on any atom is -0.506 e.